The Morgan fingerprint density at radius 3 is 2.44 bits per heavy atom. The molecule has 0 bridgehead atoms. The molecule has 2 heterocycles. The number of aromatic nitrogens is 1. The lowest BCUT2D eigenvalue weighted by atomic mass is 10.1. The van der Waals surface area contributed by atoms with E-state index in [9.17, 15) is 14.9 Å². The molecule has 2 amide bonds. The molecule has 5 rings (SSSR count). The average Bonchev–Trinajstić information content (AvgIpc) is 3.08. The molecule has 1 saturated heterocycles. The molecule has 3 aromatic carbocycles. The lowest BCUT2D eigenvalue weighted by molar-refractivity contribution is -0.122. The van der Waals surface area contributed by atoms with Gasteiger partial charge in [0.05, 0.1) is 29.6 Å². The van der Waals surface area contributed by atoms with E-state index >= 15 is 0 Å². The Morgan fingerprint density at radius 1 is 0.978 bits per heavy atom. The molecule has 1 fully saturated rings. The maximum absolute atomic E-state index is 12.8. The summed E-state index contributed by atoms with van der Waals surface area (Å²) in [6.45, 7) is 2.67. The summed E-state index contributed by atoms with van der Waals surface area (Å²) in [5.74, 6) is 1.59. The Morgan fingerprint density at radius 2 is 1.73 bits per heavy atom. The lowest BCUT2D eigenvalue weighted by Crippen LogP contribution is -2.32. The SMILES string of the molecule is CNC(=O)COc1ccccc1Oc1ccc(Nc2c(C#N)cnc3cc(NC(=O)CCN4CCCCC4)c(OC)cc23)cc1. The Bertz CT molecular complexity index is 1700. The minimum Gasteiger partial charge on any atom is -0.495 e. The van der Waals surface area contributed by atoms with Crippen molar-refractivity contribution >= 4 is 39.8 Å². The van der Waals surface area contributed by atoms with Gasteiger partial charge in [-0.05, 0) is 74.5 Å². The second-order valence-electron chi connectivity index (χ2n) is 10.6. The van der Waals surface area contributed by atoms with Crippen LogP contribution in [0.1, 0.15) is 31.2 Å². The Labute approximate surface area is 262 Å². The number of rotatable bonds is 12. The third-order valence-corrected chi connectivity index (χ3v) is 7.53. The standard InChI is InChI=1S/C34H36N6O5/c1-36-33(42)22-44-29-8-4-5-9-30(29)45-25-12-10-24(11-13-25)38-34-23(20-35)21-37-27-19-28(31(43-2)18-26(27)34)39-32(41)14-17-40-15-6-3-7-16-40/h4-5,8-13,18-19,21H,3,6-7,14-17,22H2,1-2H3,(H,36,42)(H,37,38)(H,39,41). The van der Waals surface area contributed by atoms with E-state index in [-0.39, 0.29) is 18.4 Å². The van der Waals surface area contributed by atoms with Crippen molar-refractivity contribution in [2.75, 3.05) is 51.0 Å². The molecule has 0 aliphatic carbocycles. The molecule has 0 atom stereocenters. The summed E-state index contributed by atoms with van der Waals surface area (Å²) in [4.78, 5) is 31.2. The van der Waals surface area contributed by atoms with Crippen LogP contribution in [0, 0.1) is 11.3 Å². The van der Waals surface area contributed by atoms with Crippen LogP contribution in [0.15, 0.2) is 66.9 Å². The van der Waals surface area contributed by atoms with E-state index in [1.54, 1.807) is 56.6 Å². The molecular formula is C34H36N6O5. The number of nitrogens with one attached hydrogen (secondary N) is 3. The maximum atomic E-state index is 12.8. The van der Waals surface area contributed by atoms with Gasteiger partial charge in [-0.3, -0.25) is 14.6 Å². The van der Waals surface area contributed by atoms with E-state index in [1.165, 1.54) is 25.5 Å². The first-order chi connectivity index (χ1) is 22.0. The molecule has 0 radical (unpaired) electrons. The lowest BCUT2D eigenvalue weighted by Gasteiger charge is -2.26. The number of ether oxygens (including phenoxy) is 3. The van der Waals surface area contributed by atoms with Crippen LogP contribution in [0.3, 0.4) is 0 Å². The fourth-order valence-corrected chi connectivity index (χ4v) is 5.11. The smallest absolute Gasteiger partial charge is 0.257 e. The van der Waals surface area contributed by atoms with E-state index in [0.717, 1.165) is 19.6 Å². The molecule has 1 aliphatic rings. The van der Waals surface area contributed by atoms with E-state index < -0.39 is 0 Å². The number of benzene rings is 3. The monoisotopic (exact) mass is 608 g/mol. The van der Waals surface area contributed by atoms with Crippen molar-refractivity contribution in [3.63, 3.8) is 0 Å². The molecule has 0 saturated carbocycles. The van der Waals surface area contributed by atoms with Gasteiger partial charge in [0.2, 0.25) is 5.91 Å². The number of para-hydroxylation sites is 2. The predicted molar refractivity (Wildman–Crippen MR) is 172 cm³/mol. The second-order valence-corrected chi connectivity index (χ2v) is 10.6. The number of anilines is 3. The highest BCUT2D eigenvalue weighted by Gasteiger charge is 2.17. The highest BCUT2D eigenvalue weighted by atomic mass is 16.5. The summed E-state index contributed by atoms with van der Waals surface area (Å²) in [5, 5.41) is 19.4. The van der Waals surface area contributed by atoms with Gasteiger partial charge in [0.15, 0.2) is 18.1 Å². The van der Waals surface area contributed by atoms with Crippen LogP contribution in [0.5, 0.6) is 23.0 Å². The first kappa shape index (κ1) is 31.1. The number of carbonyl (C=O) groups excluding carboxylic acids is 2. The zero-order chi connectivity index (χ0) is 31.6. The zero-order valence-corrected chi connectivity index (χ0v) is 25.4. The minimum atomic E-state index is -0.248. The van der Waals surface area contributed by atoms with Gasteiger partial charge in [-0.15, -0.1) is 0 Å². The number of nitrogens with zero attached hydrogens (tertiary/aromatic N) is 3. The molecule has 0 unspecified atom stereocenters. The number of hydrogen-bond donors (Lipinski definition) is 3. The van der Waals surface area contributed by atoms with Crippen LogP contribution in [-0.2, 0) is 9.59 Å². The number of methoxy groups -OCH3 is 1. The van der Waals surface area contributed by atoms with Crippen molar-refractivity contribution in [1.29, 1.82) is 5.26 Å². The highest BCUT2D eigenvalue weighted by molar-refractivity contribution is 6.01. The molecule has 3 N–H and O–H groups in total. The molecule has 232 valence electrons. The molecule has 45 heavy (non-hydrogen) atoms. The minimum absolute atomic E-state index is 0.0897. The summed E-state index contributed by atoms with van der Waals surface area (Å²) >= 11 is 0. The summed E-state index contributed by atoms with van der Waals surface area (Å²) in [6.07, 6.45) is 5.50. The summed E-state index contributed by atoms with van der Waals surface area (Å²) in [7, 11) is 3.09. The number of piperidine rings is 1. The first-order valence-corrected chi connectivity index (χ1v) is 14.9. The fourth-order valence-electron chi connectivity index (χ4n) is 5.11. The molecule has 11 nitrogen and oxygen atoms in total. The Hall–Kier alpha value is -5.34. The van der Waals surface area contributed by atoms with Crippen molar-refractivity contribution in [3.05, 3.63) is 72.4 Å². The molecule has 1 aliphatic heterocycles. The summed E-state index contributed by atoms with van der Waals surface area (Å²) in [6, 6.07) is 20.1. The highest BCUT2D eigenvalue weighted by Crippen LogP contribution is 2.37. The number of nitriles is 1. The Kier molecular flexibility index (Phi) is 10.3. The van der Waals surface area contributed by atoms with Crippen molar-refractivity contribution in [2.45, 2.75) is 25.7 Å². The van der Waals surface area contributed by atoms with E-state index in [1.807, 2.05) is 18.2 Å². The van der Waals surface area contributed by atoms with Gasteiger partial charge < -0.3 is 35.1 Å². The van der Waals surface area contributed by atoms with Crippen LogP contribution in [0.4, 0.5) is 17.1 Å². The van der Waals surface area contributed by atoms with Gasteiger partial charge in [-0.2, -0.15) is 5.26 Å². The van der Waals surface area contributed by atoms with Crippen LogP contribution in [0.25, 0.3) is 10.9 Å². The number of fused-ring (bicyclic) bond motifs is 1. The average molecular weight is 609 g/mol. The molecule has 0 spiro atoms. The van der Waals surface area contributed by atoms with E-state index in [2.05, 4.69) is 31.9 Å². The van der Waals surface area contributed by atoms with Gasteiger partial charge >= 0.3 is 0 Å². The van der Waals surface area contributed by atoms with Crippen molar-refractivity contribution in [1.82, 2.24) is 15.2 Å². The predicted octanol–water partition coefficient (Wildman–Crippen LogP) is 5.59. The molecule has 4 aromatic rings. The first-order valence-electron chi connectivity index (χ1n) is 14.9. The van der Waals surface area contributed by atoms with Crippen molar-refractivity contribution < 1.29 is 23.8 Å². The fraction of sp³-hybridized carbons (Fsp3) is 0.294. The van der Waals surface area contributed by atoms with Gasteiger partial charge in [-0.1, -0.05) is 18.6 Å². The summed E-state index contributed by atoms with van der Waals surface area (Å²) in [5.41, 5.74) is 2.75. The topological polar surface area (TPSA) is 138 Å². The van der Waals surface area contributed by atoms with Gasteiger partial charge in [0.1, 0.15) is 17.6 Å². The van der Waals surface area contributed by atoms with E-state index in [4.69, 9.17) is 14.2 Å². The second kappa shape index (κ2) is 14.9. The van der Waals surface area contributed by atoms with E-state index in [0.29, 0.717) is 62.9 Å². The number of amides is 2. The number of likely N-dealkylation sites (N-methyl/N-ethyl adjacent to an activating group) is 1. The number of pyridine rings is 1. The zero-order valence-electron chi connectivity index (χ0n) is 25.4. The van der Waals surface area contributed by atoms with Crippen LogP contribution >= 0.6 is 0 Å². The van der Waals surface area contributed by atoms with Crippen LogP contribution in [0.2, 0.25) is 0 Å². The van der Waals surface area contributed by atoms with Crippen molar-refractivity contribution in [2.24, 2.45) is 0 Å². The third-order valence-electron chi connectivity index (χ3n) is 7.53. The van der Waals surface area contributed by atoms with Gasteiger partial charge in [-0.25, -0.2) is 0 Å². The third kappa shape index (κ3) is 7.99. The van der Waals surface area contributed by atoms with Crippen LogP contribution in [-0.4, -0.2) is 62.1 Å². The van der Waals surface area contributed by atoms with Crippen LogP contribution < -0.4 is 30.2 Å². The molecular weight excluding hydrogens is 572 g/mol. The quantitative estimate of drug-likeness (QED) is 0.188. The van der Waals surface area contributed by atoms with Gasteiger partial charge in [0.25, 0.3) is 5.91 Å². The number of likely N-dealkylation sites (tertiary alicyclic amines) is 1. The number of hydrogen-bond acceptors (Lipinski definition) is 9. The Balaban J connectivity index is 1.32. The molecule has 1 aromatic heterocycles. The molecule has 11 heteroatoms. The maximum Gasteiger partial charge on any atom is 0.257 e. The summed E-state index contributed by atoms with van der Waals surface area (Å²) < 4.78 is 17.3. The number of carbonyl (C=O) groups is 2. The largest absolute Gasteiger partial charge is 0.495 e. The van der Waals surface area contributed by atoms with Crippen molar-refractivity contribution in [3.8, 4) is 29.1 Å². The normalized spacial score (nSPS) is 13.0. The van der Waals surface area contributed by atoms with Gasteiger partial charge in [0, 0.05) is 37.3 Å².